The molecular weight excluding hydrogens is 382 g/mol. The monoisotopic (exact) mass is 413 g/mol. The van der Waals surface area contributed by atoms with E-state index in [0.717, 1.165) is 49.0 Å². The fourth-order valence-electron chi connectivity index (χ4n) is 5.00. The smallest absolute Gasteiger partial charge is 0.246 e. The van der Waals surface area contributed by atoms with Gasteiger partial charge in [0.1, 0.15) is 12.3 Å². The average Bonchev–Trinajstić information content (AvgIpc) is 2.73. The number of amides is 2. The van der Waals surface area contributed by atoms with E-state index in [4.69, 9.17) is 9.47 Å². The summed E-state index contributed by atoms with van der Waals surface area (Å²) in [6.45, 7) is 5.65. The molecule has 7 nitrogen and oxygen atoms in total. The molecule has 1 saturated carbocycles. The van der Waals surface area contributed by atoms with Crippen molar-refractivity contribution < 1.29 is 19.1 Å². The van der Waals surface area contributed by atoms with Gasteiger partial charge in [-0.05, 0) is 31.0 Å². The van der Waals surface area contributed by atoms with E-state index in [9.17, 15) is 9.59 Å². The van der Waals surface area contributed by atoms with Gasteiger partial charge in [0.2, 0.25) is 17.6 Å². The summed E-state index contributed by atoms with van der Waals surface area (Å²) in [5.41, 5.74) is 1.84. The molecule has 2 saturated heterocycles. The highest BCUT2D eigenvalue weighted by molar-refractivity contribution is 5.98. The fourth-order valence-corrected chi connectivity index (χ4v) is 5.00. The molecule has 5 rings (SSSR count). The Hall–Kier alpha value is -2.12. The average molecular weight is 414 g/mol. The Balaban J connectivity index is 1.24. The number of piperidine rings is 1. The van der Waals surface area contributed by atoms with E-state index >= 15 is 0 Å². The minimum Gasteiger partial charge on any atom is -0.462 e. The lowest BCUT2D eigenvalue weighted by atomic mass is 9.89. The standard InChI is InChI=1S/C23H31N3O4/c1-2-21(27)25-12-13-26(22(28)15-25)19-6-7-20-17(14-19)16-29-23(30-20)8-10-24(11-9-23)18-4-3-5-18/h6-7,14,18H,2-5,8-13,15-16H2,1H3. The van der Waals surface area contributed by atoms with Crippen molar-refractivity contribution in [2.75, 3.05) is 37.6 Å². The molecule has 0 aromatic heterocycles. The van der Waals surface area contributed by atoms with Crippen molar-refractivity contribution in [2.45, 2.75) is 63.9 Å². The molecule has 3 heterocycles. The van der Waals surface area contributed by atoms with Gasteiger partial charge in [0, 0.05) is 62.7 Å². The number of anilines is 1. The lowest BCUT2D eigenvalue weighted by molar-refractivity contribution is -0.231. The molecule has 7 heteroatoms. The highest BCUT2D eigenvalue weighted by Crippen LogP contribution is 2.40. The number of carbonyl (C=O) groups is 2. The van der Waals surface area contributed by atoms with Gasteiger partial charge in [0.25, 0.3) is 0 Å². The summed E-state index contributed by atoms with van der Waals surface area (Å²) in [4.78, 5) is 30.5. The number of carbonyl (C=O) groups excluding carboxylic acids is 2. The predicted molar refractivity (Wildman–Crippen MR) is 112 cm³/mol. The van der Waals surface area contributed by atoms with Gasteiger partial charge in [-0.15, -0.1) is 0 Å². The second-order valence-electron chi connectivity index (χ2n) is 8.93. The topological polar surface area (TPSA) is 62.3 Å². The summed E-state index contributed by atoms with van der Waals surface area (Å²) in [5, 5.41) is 0. The van der Waals surface area contributed by atoms with E-state index in [1.165, 1.54) is 19.3 Å². The zero-order valence-electron chi connectivity index (χ0n) is 17.8. The van der Waals surface area contributed by atoms with Crippen LogP contribution in [0.15, 0.2) is 18.2 Å². The second kappa shape index (κ2) is 7.85. The number of piperazine rings is 1. The van der Waals surface area contributed by atoms with Gasteiger partial charge in [0.05, 0.1) is 6.61 Å². The molecule has 0 bridgehead atoms. The summed E-state index contributed by atoms with van der Waals surface area (Å²) < 4.78 is 12.6. The van der Waals surface area contributed by atoms with Crippen LogP contribution in [0.4, 0.5) is 5.69 Å². The Morgan fingerprint density at radius 2 is 1.97 bits per heavy atom. The van der Waals surface area contributed by atoms with Gasteiger partial charge in [0.15, 0.2) is 0 Å². The van der Waals surface area contributed by atoms with Crippen molar-refractivity contribution in [2.24, 2.45) is 0 Å². The molecule has 4 aliphatic rings. The van der Waals surface area contributed by atoms with Crippen molar-refractivity contribution in [3.8, 4) is 5.75 Å². The largest absolute Gasteiger partial charge is 0.462 e. The third kappa shape index (κ3) is 3.58. The first-order valence-electron chi connectivity index (χ1n) is 11.3. The van der Waals surface area contributed by atoms with Gasteiger partial charge >= 0.3 is 0 Å². The SMILES string of the molecule is CCC(=O)N1CCN(c2ccc3c(c2)COC2(CCN(C4CCC4)CC2)O3)C(=O)C1. The van der Waals surface area contributed by atoms with E-state index < -0.39 is 5.79 Å². The number of likely N-dealkylation sites (tertiary alicyclic amines) is 1. The van der Waals surface area contributed by atoms with Crippen LogP contribution >= 0.6 is 0 Å². The molecule has 0 radical (unpaired) electrons. The third-order valence-corrected chi connectivity index (χ3v) is 7.17. The molecular formula is C23H31N3O4. The van der Waals surface area contributed by atoms with Crippen LogP contribution in [-0.4, -0.2) is 66.2 Å². The van der Waals surface area contributed by atoms with Gasteiger partial charge in [-0.1, -0.05) is 13.3 Å². The minimum atomic E-state index is -0.503. The summed E-state index contributed by atoms with van der Waals surface area (Å²) in [6.07, 6.45) is 6.26. The quantitative estimate of drug-likeness (QED) is 0.762. The molecule has 1 aromatic carbocycles. The van der Waals surface area contributed by atoms with E-state index in [1.807, 2.05) is 25.1 Å². The number of fused-ring (bicyclic) bond motifs is 1. The maximum atomic E-state index is 12.6. The lowest BCUT2D eigenvalue weighted by Gasteiger charge is -2.47. The first kappa shape index (κ1) is 19.8. The van der Waals surface area contributed by atoms with Gasteiger partial charge in [-0.2, -0.15) is 0 Å². The van der Waals surface area contributed by atoms with Crippen LogP contribution in [0, 0.1) is 0 Å². The molecule has 0 N–H and O–H groups in total. The second-order valence-corrected chi connectivity index (χ2v) is 8.93. The van der Waals surface area contributed by atoms with Crippen LogP contribution in [0.2, 0.25) is 0 Å². The van der Waals surface area contributed by atoms with Crippen molar-refractivity contribution in [1.82, 2.24) is 9.80 Å². The van der Waals surface area contributed by atoms with Crippen LogP contribution in [0.3, 0.4) is 0 Å². The number of nitrogens with zero attached hydrogens (tertiary/aromatic N) is 3. The number of hydrogen-bond donors (Lipinski definition) is 0. The summed E-state index contributed by atoms with van der Waals surface area (Å²) in [5.74, 6) is 0.357. The molecule has 1 aliphatic carbocycles. The van der Waals surface area contributed by atoms with E-state index in [-0.39, 0.29) is 18.4 Å². The van der Waals surface area contributed by atoms with Crippen LogP contribution in [0.5, 0.6) is 5.75 Å². The van der Waals surface area contributed by atoms with Crippen molar-refractivity contribution >= 4 is 17.5 Å². The molecule has 3 aliphatic heterocycles. The minimum absolute atomic E-state index is 0.0314. The number of hydrogen-bond acceptors (Lipinski definition) is 5. The Bertz CT molecular complexity index is 830. The summed E-state index contributed by atoms with van der Waals surface area (Å²) in [7, 11) is 0. The fraction of sp³-hybridized carbons (Fsp3) is 0.652. The Kier molecular flexibility index (Phi) is 5.19. The number of benzene rings is 1. The maximum absolute atomic E-state index is 12.6. The Morgan fingerprint density at radius 3 is 2.63 bits per heavy atom. The van der Waals surface area contributed by atoms with Crippen molar-refractivity contribution in [3.05, 3.63) is 23.8 Å². The van der Waals surface area contributed by atoms with Gasteiger partial charge < -0.3 is 19.3 Å². The van der Waals surface area contributed by atoms with Crippen LogP contribution in [0.25, 0.3) is 0 Å². The molecule has 30 heavy (non-hydrogen) atoms. The molecule has 1 spiro atoms. The van der Waals surface area contributed by atoms with Crippen molar-refractivity contribution in [1.29, 1.82) is 0 Å². The van der Waals surface area contributed by atoms with Crippen LogP contribution in [-0.2, 0) is 20.9 Å². The lowest BCUT2D eigenvalue weighted by Crippen LogP contribution is -2.54. The van der Waals surface area contributed by atoms with E-state index in [2.05, 4.69) is 4.90 Å². The Morgan fingerprint density at radius 1 is 1.17 bits per heavy atom. The third-order valence-electron chi connectivity index (χ3n) is 7.17. The van der Waals surface area contributed by atoms with Gasteiger partial charge in [-0.3, -0.25) is 14.5 Å². The number of ether oxygens (including phenoxy) is 2. The number of rotatable bonds is 3. The summed E-state index contributed by atoms with van der Waals surface area (Å²) >= 11 is 0. The predicted octanol–water partition coefficient (Wildman–Crippen LogP) is 2.53. The molecule has 1 aromatic rings. The van der Waals surface area contributed by atoms with E-state index in [0.29, 0.717) is 26.1 Å². The highest BCUT2D eigenvalue weighted by atomic mass is 16.7. The first-order valence-corrected chi connectivity index (χ1v) is 11.3. The van der Waals surface area contributed by atoms with Crippen LogP contribution < -0.4 is 9.64 Å². The normalized spacial score (nSPS) is 24.4. The van der Waals surface area contributed by atoms with Gasteiger partial charge in [-0.25, -0.2) is 0 Å². The zero-order valence-corrected chi connectivity index (χ0v) is 17.8. The molecule has 2 amide bonds. The molecule has 0 atom stereocenters. The van der Waals surface area contributed by atoms with Crippen molar-refractivity contribution in [3.63, 3.8) is 0 Å². The summed E-state index contributed by atoms with van der Waals surface area (Å²) in [6, 6.07) is 6.70. The Labute approximate surface area is 177 Å². The maximum Gasteiger partial charge on any atom is 0.246 e. The first-order chi connectivity index (χ1) is 14.6. The van der Waals surface area contributed by atoms with Crippen LogP contribution in [0.1, 0.15) is 51.0 Å². The molecule has 3 fully saturated rings. The molecule has 162 valence electrons. The van der Waals surface area contributed by atoms with E-state index in [1.54, 1.807) is 9.80 Å². The molecule has 0 unspecified atom stereocenters. The zero-order chi connectivity index (χ0) is 20.7. The highest BCUT2D eigenvalue weighted by Gasteiger charge is 2.43.